The molecule has 6 nitrogen and oxygen atoms in total. The molecule has 0 aliphatic carbocycles. The molecule has 0 bridgehead atoms. The quantitative estimate of drug-likeness (QED) is 0.866. The zero-order valence-corrected chi connectivity index (χ0v) is 13.6. The molecule has 6 heteroatoms. The van der Waals surface area contributed by atoms with Crippen molar-refractivity contribution < 1.29 is 18.7 Å². The third kappa shape index (κ3) is 2.67. The molecular weight excluding hydrogens is 308 g/mol. The molecule has 2 aliphatic rings. The van der Waals surface area contributed by atoms with E-state index in [1.54, 1.807) is 25.5 Å². The van der Waals surface area contributed by atoms with Crippen LogP contribution in [0.2, 0.25) is 0 Å². The van der Waals surface area contributed by atoms with Gasteiger partial charge in [-0.15, -0.1) is 0 Å². The molecule has 3 atom stereocenters. The van der Waals surface area contributed by atoms with E-state index in [0.717, 1.165) is 12.8 Å². The summed E-state index contributed by atoms with van der Waals surface area (Å²) in [7, 11) is 0. The highest BCUT2D eigenvalue weighted by Crippen LogP contribution is 2.32. The fourth-order valence-corrected chi connectivity index (χ4v) is 3.58. The van der Waals surface area contributed by atoms with Crippen molar-refractivity contribution in [2.24, 2.45) is 0 Å². The molecule has 0 radical (unpaired) electrons. The second-order valence-electron chi connectivity index (χ2n) is 6.22. The van der Waals surface area contributed by atoms with Gasteiger partial charge in [-0.1, -0.05) is 6.07 Å². The predicted octanol–water partition coefficient (Wildman–Crippen LogP) is 2.43. The summed E-state index contributed by atoms with van der Waals surface area (Å²) in [5.41, 5.74) is 0.609. The van der Waals surface area contributed by atoms with Crippen molar-refractivity contribution in [2.75, 3.05) is 13.2 Å². The molecule has 2 fully saturated rings. The van der Waals surface area contributed by atoms with Crippen LogP contribution in [0.4, 0.5) is 0 Å². The van der Waals surface area contributed by atoms with E-state index in [9.17, 15) is 4.79 Å². The lowest BCUT2D eigenvalue weighted by atomic mass is 10.0. The Kier molecular flexibility index (Phi) is 3.98. The van der Waals surface area contributed by atoms with Crippen LogP contribution in [0, 0.1) is 6.92 Å². The number of amides is 1. The predicted molar refractivity (Wildman–Crippen MR) is 85.9 cm³/mol. The van der Waals surface area contributed by atoms with Crippen LogP contribution in [0.5, 0.6) is 5.88 Å². The molecule has 0 spiro atoms. The number of aryl methyl sites for hydroxylation is 1. The first-order chi connectivity index (χ1) is 11.7. The van der Waals surface area contributed by atoms with Crippen molar-refractivity contribution in [2.45, 2.75) is 38.0 Å². The number of likely N-dealkylation sites (tertiary alicyclic amines) is 1. The summed E-state index contributed by atoms with van der Waals surface area (Å²) in [5.74, 6) is 1.18. The Morgan fingerprint density at radius 3 is 3.04 bits per heavy atom. The van der Waals surface area contributed by atoms with Gasteiger partial charge in [0.25, 0.3) is 5.91 Å². The van der Waals surface area contributed by atoms with E-state index in [2.05, 4.69) is 4.98 Å². The first kappa shape index (κ1) is 15.2. The van der Waals surface area contributed by atoms with Gasteiger partial charge in [0.1, 0.15) is 18.0 Å². The lowest BCUT2D eigenvalue weighted by Gasteiger charge is -2.31. The van der Waals surface area contributed by atoms with Gasteiger partial charge in [-0.2, -0.15) is 0 Å². The van der Waals surface area contributed by atoms with Crippen LogP contribution >= 0.6 is 0 Å². The summed E-state index contributed by atoms with van der Waals surface area (Å²) in [4.78, 5) is 19.0. The Bertz CT molecular complexity index is 715. The molecule has 0 N–H and O–H groups in total. The number of nitrogens with zero attached hydrogens (tertiary/aromatic N) is 2. The minimum atomic E-state index is -0.207. The molecule has 0 aromatic carbocycles. The van der Waals surface area contributed by atoms with Crippen molar-refractivity contribution in [3.05, 3.63) is 48.0 Å². The Morgan fingerprint density at radius 2 is 2.29 bits per heavy atom. The van der Waals surface area contributed by atoms with Crippen LogP contribution in [-0.2, 0) is 4.74 Å². The number of pyridine rings is 1. The van der Waals surface area contributed by atoms with Gasteiger partial charge >= 0.3 is 0 Å². The van der Waals surface area contributed by atoms with Gasteiger partial charge in [0, 0.05) is 18.9 Å². The van der Waals surface area contributed by atoms with E-state index in [-0.39, 0.29) is 24.2 Å². The van der Waals surface area contributed by atoms with Crippen molar-refractivity contribution in [3.8, 4) is 5.88 Å². The third-order valence-corrected chi connectivity index (χ3v) is 4.74. The molecule has 0 saturated carbocycles. The van der Waals surface area contributed by atoms with Crippen LogP contribution in [-0.4, -0.2) is 47.2 Å². The van der Waals surface area contributed by atoms with Gasteiger partial charge in [-0.25, -0.2) is 4.98 Å². The number of ether oxygens (including phenoxy) is 2. The van der Waals surface area contributed by atoms with Gasteiger partial charge in [0.05, 0.1) is 24.4 Å². The van der Waals surface area contributed by atoms with Gasteiger partial charge < -0.3 is 18.8 Å². The Morgan fingerprint density at radius 1 is 1.38 bits per heavy atom. The van der Waals surface area contributed by atoms with E-state index >= 15 is 0 Å². The first-order valence-corrected chi connectivity index (χ1v) is 8.28. The fourth-order valence-electron chi connectivity index (χ4n) is 3.58. The highest BCUT2D eigenvalue weighted by molar-refractivity contribution is 5.95. The number of rotatable bonds is 3. The van der Waals surface area contributed by atoms with E-state index in [0.29, 0.717) is 30.4 Å². The molecule has 2 aromatic heterocycles. The van der Waals surface area contributed by atoms with E-state index < -0.39 is 0 Å². The fraction of sp³-hybridized carbons (Fsp3) is 0.444. The normalized spacial score (nSPS) is 26.2. The molecule has 2 aromatic rings. The van der Waals surface area contributed by atoms with Crippen LogP contribution in [0.3, 0.4) is 0 Å². The molecule has 2 saturated heterocycles. The highest BCUT2D eigenvalue weighted by Gasteiger charge is 2.48. The maximum Gasteiger partial charge on any atom is 0.257 e. The lowest BCUT2D eigenvalue weighted by Crippen LogP contribution is -2.44. The maximum absolute atomic E-state index is 12.9. The minimum absolute atomic E-state index is 0.0196. The van der Waals surface area contributed by atoms with Gasteiger partial charge in [0.15, 0.2) is 0 Å². The molecule has 1 amide bonds. The van der Waals surface area contributed by atoms with Crippen molar-refractivity contribution >= 4 is 5.91 Å². The lowest BCUT2D eigenvalue weighted by molar-refractivity contribution is -0.0455. The molecule has 126 valence electrons. The topological polar surface area (TPSA) is 64.8 Å². The van der Waals surface area contributed by atoms with E-state index in [1.165, 1.54) is 0 Å². The average Bonchev–Trinajstić information content (AvgIpc) is 3.20. The smallest absolute Gasteiger partial charge is 0.257 e. The monoisotopic (exact) mass is 328 g/mol. The van der Waals surface area contributed by atoms with Crippen LogP contribution in [0.1, 0.15) is 29.0 Å². The number of carbonyl (C=O) groups is 1. The Hall–Kier alpha value is -2.34. The zero-order chi connectivity index (χ0) is 16.5. The maximum atomic E-state index is 12.9. The van der Waals surface area contributed by atoms with E-state index in [1.807, 2.05) is 23.1 Å². The summed E-state index contributed by atoms with van der Waals surface area (Å²) >= 11 is 0. The molecule has 0 unspecified atom stereocenters. The van der Waals surface area contributed by atoms with Crippen LogP contribution < -0.4 is 4.74 Å². The zero-order valence-electron chi connectivity index (χ0n) is 13.6. The number of carbonyl (C=O) groups excluding carboxylic acids is 1. The second-order valence-corrected chi connectivity index (χ2v) is 6.22. The number of hydrogen-bond acceptors (Lipinski definition) is 5. The van der Waals surface area contributed by atoms with Crippen LogP contribution in [0.25, 0.3) is 0 Å². The van der Waals surface area contributed by atoms with Crippen molar-refractivity contribution in [1.82, 2.24) is 9.88 Å². The van der Waals surface area contributed by atoms with Crippen molar-refractivity contribution in [3.63, 3.8) is 0 Å². The Balaban J connectivity index is 1.57. The molecule has 24 heavy (non-hydrogen) atoms. The number of fused-ring (bicyclic) bond motifs is 1. The number of aromatic nitrogens is 1. The third-order valence-electron chi connectivity index (χ3n) is 4.74. The summed E-state index contributed by atoms with van der Waals surface area (Å²) in [6, 6.07) is 7.31. The van der Waals surface area contributed by atoms with Gasteiger partial charge in [-0.3, -0.25) is 4.79 Å². The molecular formula is C18H20N2O4. The highest BCUT2D eigenvalue weighted by atomic mass is 16.5. The Labute approximate surface area is 140 Å². The average molecular weight is 328 g/mol. The van der Waals surface area contributed by atoms with Gasteiger partial charge in [-0.05, 0) is 31.9 Å². The summed E-state index contributed by atoms with van der Waals surface area (Å²) in [6.45, 7) is 3.01. The van der Waals surface area contributed by atoms with E-state index in [4.69, 9.17) is 13.9 Å². The summed E-state index contributed by atoms with van der Waals surface area (Å²) < 4.78 is 17.2. The summed E-state index contributed by atoms with van der Waals surface area (Å²) in [5, 5.41) is 0. The van der Waals surface area contributed by atoms with Crippen molar-refractivity contribution in [1.29, 1.82) is 0 Å². The van der Waals surface area contributed by atoms with Crippen LogP contribution in [0.15, 0.2) is 41.1 Å². The minimum Gasteiger partial charge on any atom is -0.470 e. The number of hydrogen-bond donors (Lipinski definition) is 0. The first-order valence-electron chi connectivity index (χ1n) is 8.28. The summed E-state index contributed by atoms with van der Waals surface area (Å²) in [6.07, 6.45) is 4.80. The number of furan rings is 1. The molecule has 2 aliphatic heterocycles. The molecule has 4 heterocycles. The largest absolute Gasteiger partial charge is 0.470 e. The van der Waals surface area contributed by atoms with Gasteiger partial charge in [0.2, 0.25) is 5.88 Å². The second kappa shape index (κ2) is 6.28. The SMILES string of the molecule is Cc1occc1C(=O)N1C[C@@H](Oc2ccccn2)[C@@H]2OCCC[C@@H]21. The standard InChI is InChI=1S/C18H20N2O4/c1-12-13(7-10-22-12)18(21)20-11-15(17-14(20)5-4-9-23-17)24-16-6-2-3-8-19-16/h2-3,6-8,10,14-15,17H,4-5,9,11H2,1H3/t14-,15+,17+/m0/s1. The molecule has 4 rings (SSSR count).